The van der Waals surface area contributed by atoms with Crippen molar-refractivity contribution < 1.29 is 0 Å². The number of fused-ring (bicyclic) bond motifs is 2. The molecule has 1 heteroatoms. The number of hydrogen-bond acceptors (Lipinski definition) is 1. The molecule has 4 saturated carbocycles. The summed E-state index contributed by atoms with van der Waals surface area (Å²) in [4.78, 5) is 0. The summed E-state index contributed by atoms with van der Waals surface area (Å²) in [5.41, 5.74) is 1.14. The fourth-order valence-corrected chi connectivity index (χ4v) is 5.48. The van der Waals surface area contributed by atoms with E-state index >= 15 is 0 Å². The van der Waals surface area contributed by atoms with E-state index in [-0.39, 0.29) is 0 Å². The van der Waals surface area contributed by atoms with Crippen LogP contribution >= 0.6 is 0 Å². The zero-order valence-electron chi connectivity index (χ0n) is 12.3. The summed E-state index contributed by atoms with van der Waals surface area (Å²) in [7, 11) is 0. The van der Waals surface area contributed by atoms with E-state index in [0.717, 1.165) is 29.8 Å². The van der Waals surface area contributed by atoms with Gasteiger partial charge in [0.25, 0.3) is 0 Å². The highest BCUT2D eigenvalue weighted by atomic mass is 15.0. The SMILES string of the molecule is CC12CCC(C1)C(C)(C)C2NC(C1CC1)C1CC1. The zero-order chi connectivity index (χ0) is 12.5. The van der Waals surface area contributed by atoms with E-state index in [1.165, 1.54) is 44.9 Å². The van der Waals surface area contributed by atoms with E-state index in [9.17, 15) is 0 Å². The molecule has 1 nitrogen and oxygen atoms in total. The maximum absolute atomic E-state index is 4.20. The van der Waals surface area contributed by atoms with Gasteiger partial charge in [-0.15, -0.1) is 0 Å². The van der Waals surface area contributed by atoms with Crippen molar-refractivity contribution in [2.24, 2.45) is 28.6 Å². The van der Waals surface area contributed by atoms with Crippen LogP contribution in [0.3, 0.4) is 0 Å². The van der Waals surface area contributed by atoms with E-state index < -0.39 is 0 Å². The second-order valence-corrected chi connectivity index (χ2v) is 8.72. The molecule has 18 heavy (non-hydrogen) atoms. The van der Waals surface area contributed by atoms with Gasteiger partial charge >= 0.3 is 0 Å². The molecule has 1 N–H and O–H groups in total. The molecule has 102 valence electrons. The van der Waals surface area contributed by atoms with Crippen molar-refractivity contribution >= 4 is 0 Å². The average molecular weight is 247 g/mol. The average Bonchev–Trinajstić information content (AvgIpc) is 3.18. The van der Waals surface area contributed by atoms with Gasteiger partial charge in [0.15, 0.2) is 0 Å². The second-order valence-electron chi connectivity index (χ2n) is 8.72. The molecule has 3 unspecified atom stereocenters. The van der Waals surface area contributed by atoms with Crippen molar-refractivity contribution in [2.45, 2.75) is 77.8 Å². The van der Waals surface area contributed by atoms with E-state index in [1.54, 1.807) is 0 Å². The first kappa shape index (κ1) is 11.8. The first-order valence-electron chi connectivity index (χ1n) is 8.27. The number of rotatable bonds is 4. The molecular weight excluding hydrogens is 218 g/mol. The Morgan fingerprint density at radius 3 is 2.00 bits per heavy atom. The van der Waals surface area contributed by atoms with Crippen LogP contribution in [-0.4, -0.2) is 12.1 Å². The molecule has 0 heterocycles. The third-order valence-electron chi connectivity index (χ3n) is 6.89. The standard InChI is InChI=1S/C17H29N/c1-16(2)13-8-9-17(3,10-13)15(16)18-14(11-4-5-11)12-6-7-12/h11-15,18H,4-10H2,1-3H3. The second kappa shape index (κ2) is 3.53. The molecule has 4 aliphatic carbocycles. The minimum Gasteiger partial charge on any atom is -0.310 e. The van der Waals surface area contributed by atoms with Gasteiger partial charge in [0.1, 0.15) is 0 Å². The molecule has 0 aromatic heterocycles. The molecule has 0 amide bonds. The molecule has 0 spiro atoms. The summed E-state index contributed by atoms with van der Waals surface area (Å²) in [6.45, 7) is 7.64. The summed E-state index contributed by atoms with van der Waals surface area (Å²) in [6, 6.07) is 1.67. The summed E-state index contributed by atoms with van der Waals surface area (Å²) >= 11 is 0. The van der Waals surface area contributed by atoms with Crippen LogP contribution in [0.4, 0.5) is 0 Å². The smallest absolute Gasteiger partial charge is 0.0178 e. The lowest BCUT2D eigenvalue weighted by Crippen LogP contribution is -2.54. The lowest BCUT2D eigenvalue weighted by atomic mass is 9.68. The normalized spacial score (nSPS) is 46.0. The molecule has 4 fully saturated rings. The predicted octanol–water partition coefficient (Wildman–Crippen LogP) is 3.98. The third kappa shape index (κ3) is 1.62. The molecule has 2 bridgehead atoms. The summed E-state index contributed by atoms with van der Waals surface area (Å²) in [5, 5.41) is 4.20. The molecule has 4 rings (SSSR count). The van der Waals surface area contributed by atoms with Crippen LogP contribution in [0.2, 0.25) is 0 Å². The summed E-state index contributed by atoms with van der Waals surface area (Å²) < 4.78 is 0. The van der Waals surface area contributed by atoms with Crippen molar-refractivity contribution in [3.8, 4) is 0 Å². The van der Waals surface area contributed by atoms with E-state index in [0.29, 0.717) is 10.8 Å². The monoisotopic (exact) mass is 247 g/mol. The lowest BCUT2D eigenvalue weighted by molar-refractivity contribution is 0.0918. The van der Waals surface area contributed by atoms with Gasteiger partial charge in [0, 0.05) is 12.1 Å². The van der Waals surface area contributed by atoms with Crippen LogP contribution in [0.5, 0.6) is 0 Å². The van der Waals surface area contributed by atoms with Gasteiger partial charge in [-0.25, -0.2) is 0 Å². The van der Waals surface area contributed by atoms with Crippen molar-refractivity contribution in [1.82, 2.24) is 5.32 Å². The Morgan fingerprint density at radius 2 is 1.56 bits per heavy atom. The Balaban J connectivity index is 1.55. The Bertz CT molecular complexity index is 336. The van der Waals surface area contributed by atoms with Crippen molar-refractivity contribution in [1.29, 1.82) is 0 Å². The largest absolute Gasteiger partial charge is 0.310 e. The highest BCUT2D eigenvalue weighted by Crippen LogP contribution is 2.63. The first-order valence-corrected chi connectivity index (χ1v) is 8.27. The van der Waals surface area contributed by atoms with Crippen molar-refractivity contribution in [3.05, 3.63) is 0 Å². The molecule has 0 saturated heterocycles. The summed E-state index contributed by atoms with van der Waals surface area (Å²) in [5.74, 6) is 3.06. The highest BCUT2D eigenvalue weighted by molar-refractivity contribution is 5.14. The molecule has 0 aromatic carbocycles. The Morgan fingerprint density at radius 1 is 0.944 bits per heavy atom. The first-order chi connectivity index (χ1) is 8.51. The van der Waals surface area contributed by atoms with Gasteiger partial charge in [-0.2, -0.15) is 0 Å². The van der Waals surface area contributed by atoms with Crippen LogP contribution in [0.15, 0.2) is 0 Å². The molecule has 4 aliphatic rings. The maximum Gasteiger partial charge on any atom is 0.0178 e. The van der Waals surface area contributed by atoms with E-state index in [4.69, 9.17) is 0 Å². The van der Waals surface area contributed by atoms with Crippen LogP contribution in [0.1, 0.15) is 65.7 Å². The Hall–Kier alpha value is -0.0400. The minimum atomic E-state index is 0.537. The lowest BCUT2D eigenvalue weighted by Gasteiger charge is -2.45. The molecule has 0 aliphatic heterocycles. The van der Waals surface area contributed by atoms with E-state index in [2.05, 4.69) is 26.1 Å². The predicted molar refractivity (Wildman–Crippen MR) is 75.4 cm³/mol. The van der Waals surface area contributed by atoms with Gasteiger partial charge in [0.2, 0.25) is 0 Å². The highest BCUT2D eigenvalue weighted by Gasteiger charge is 2.60. The van der Waals surface area contributed by atoms with Gasteiger partial charge in [0.05, 0.1) is 0 Å². The van der Waals surface area contributed by atoms with Gasteiger partial charge in [-0.3, -0.25) is 0 Å². The van der Waals surface area contributed by atoms with Gasteiger partial charge in [-0.05, 0) is 73.5 Å². The number of hydrogen-bond donors (Lipinski definition) is 1. The zero-order valence-corrected chi connectivity index (χ0v) is 12.3. The van der Waals surface area contributed by atoms with E-state index in [1.807, 2.05) is 0 Å². The quantitative estimate of drug-likeness (QED) is 0.792. The van der Waals surface area contributed by atoms with Gasteiger partial charge in [-0.1, -0.05) is 20.8 Å². The van der Waals surface area contributed by atoms with Crippen LogP contribution < -0.4 is 5.32 Å². The summed E-state index contributed by atoms with van der Waals surface area (Å²) in [6.07, 6.45) is 10.4. The molecular formula is C17H29N. The topological polar surface area (TPSA) is 12.0 Å². The molecule has 3 atom stereocenters. The molecule has 0 radical (unpaired) electrons. The van der Waals surface area contributed by atoms with Crippen molar-refractivity contribution in [2.75, 3.05) is 0 Å². The van der Waals surface area contributed by atoms with Gasteiger partial charge < -0.3 is 5.32 Å². The third-order valence-corrected chi connectivity index (χ3v) is 6.89. The minimum absolute atomic E-state index is 0.537. The fraction of sp³-hybridized carbons (Fsp3) is 1.00. The molecule has 0 aromatic rings. The van der Waals surface area contributed by atoms with Crippen LogP contribution in [0, 0.1) is 28.6 Å². The van der Waals surface area contributed by atoms with Crippen LogP contribution in [-0.2, 0) is 0 Å². The maximum atomic E-state index is 4.20. The number of nitrogens with one attached hydrogen (secondary N) is 1. The Labute approximate surface area is 112 Å². The van der Waals surface area contributed by atoms with Crippen LogP contribution in [0.25, 0.3) is 0 Å². The van der Waals surface area contributed by atoms with Crippen molar-refractivity contribution in [3.63, 3.8) is 0 Å². The fourth-order valence-electron chi connectivity index (χ4n) is 5.48. The Kier molecular flexibility index (Phi) is 2.31.